The molecule has 0 fully saturated rings. The van der Waals surface area contributed by atoms with E-state index < -0.39 is 21.7 Å². The van der Waals surface area contributed by atoms with Gasteiger partial charge in [0.05, 0.1) is 16.2 Å². The van der Waals surface area contributed by atoms with Gasteiger partial charge in [0, 0.05) is 29.5 Å². The predicted octanol–water partition coefficient (Wildman–Crippen LogP) is 4.21. The number of carbonyl (C=O) groups is 1. The van der Waals surface area contributed by atoms with E-state index in [0.29, 0.717) is 20.9 Å². The van der Waals surface area contributed by atoms with Gasteiger partial charge in [0.1, 0.15) is 5.82 Å². The number of benzene rings is 2. The number of aromatic nitrogens is 1. The maximum absolute atomic E-state index is 13.9. The molecule has 3 rings (SSSR count). The van der Waals surface area contributed by atoms with Gasteiger partial charge in [-0.2, -0.15) is 0 Å². The van der Waals surface area contributed by atoms with Crippen molar-refractivity contribution in [2.45, 2.75) is 4.90 Å². The second kappa shape index (κ2) is 8.08. The van der Waals surface area contributed by atoms with E-state index in [0.717, 1.165) is 4.31 Å². The molecule has 1 aromatic heterocycles. The minimum Gasteiger partial charge on any atom is -0.298 e. The summed E-state index contributed by atoms with van der Waals surface area (Å²) in [6.45, 7) is 0. The molecule has 1 heterocycles. The summed E-state index contributed by atoms with van der Waals surface area (Å²) in [4.78, 5) is 16.7. The maximum atomic E-state index is 13.9. The highest BCUT2D eigenvalue weighted by molar-refractivity contribution is 9.10. The summed E-state index contributed by atoms with van der Waals surface area (Å²) in [5.74, 6) is -1.24. The Kier molecular flexibility index (Phi) is 5.94. The third-order valence-corrected chi connectivity index (χ3v) is 6.91. The minimum atomic E-state index is -3.50. The summed E-state index contributed by atoms with van der Waals surface area (Å²) >= 11 is 4.33. The van der Waals surface area contributed by atoms with Gasteiger partial charge >= 0.3 is 0 Å². The van der Waals surface area contributed by atoms with Gasteiger partial charge in [-0.15, -0.1) is 11.3 Å². The number of thiazole rings is 1. The first-order chi connectivity index (χ1) is 13.2. The second-order valence-corrected chi connectivity index (χ2v) is 9.85. The highest BCUT2D eigenvalue weighted by atomic mass is 79.9. The van der Waals surface area contributed by atoms with Crippen molar-refractivity contribution >= 4 is 48.3 Å². The summed E-state index contributed by atoms with van der Waals surface area (Å²) in [6.07, 6.45) is 0. The van der Waals surface area contributed by atoms with Crippen molar-refractivity contribution in [2.75, 3.05) is 19.4 Å². The Morgan fingerprint density at radius 3 is 2.46 bits per heavy atom. The van der Waals surface area contributed by atoms with E-state index in [1.165, 1.54) is 49.7 Å². The predicted molar refractivity (Wildman–Crippen MR) is 110 cm³/mol. The van der Waals surface area contributed by atoms with Crippen LogP contribution >= 0.6 is 27.3 Å². The third-order valence-electron chi connectivity index (χ3n) is 3.83. The van der Waals surface area contributed by atoms with Crippen LogP contribution < -0.4 is 5.32 Å². The first kappa shape index (κ1) is 20.6. The molecule has 0 atom stereocenters. The first-order valence-corrected chi connectivity index (χ1v) is 11.0. The summed E-state index contributed by atoms with van der Waals surface area (Å²) in [7, 11) is -0.574. The van der Waals surface area contributed by atoms with Crippen molar-refractivity contribution in [2.24, 2.45) is 0 Å². The molecule has 0 saturated heterocycles. The van der Waals surface area contributed by atoms with Gasteiger partial charge in [-0.3, -0.25) is 10.1 Å². The largest absolute Gasteiger partial charge is 0.298 e. The Hall–Kier alpha value is -2.14. The lowest BCUT2D eigenvalue weighted by Crippen LogP contribution is -2.22. The SMILES string of the molecule is CN(C)S(=O)(=O)c1ccc(-c2csc(NC(=O)c3ccc(Br)cc3F)n2)cc1. The molecule has 6 nitrogen and oxygen atoms in total. The van der Waals surface area contributed by atoms with Crippen LogP contribution in [0, 0.1) is 5.82 Å². The van der Waals surface area contributed by atoms with Crippen LogP contribution in [-0.2, 0) is 10.0 Å². The number of hydrogen-bond acceptors (Lipinski definition) is 5. The van der Waals surface area contributed by atoms with E-state index in [9.17, 15) is 17.6 Å². The molecule has 0 saturated carbocycles. The number of anilines is 1. The topological polar surface area (TPSA) is 79.4 Å². The van der Waals surface area contributed by atoms with Crippen molar-refractivity contribution in [3.05, 3.63) is 63.7 Å². The molecule has 2 aromatic carbocycles. The number of rotatable bonds is 5. The molecule has 0 aliphatic heterocycles. The summed E-state index contributed by atoms with van der Waals surface area (Å²) < 4.78 is 39.8. The number of halogens is 2. The molecule has 10 heteroatoms. The standard InChI is InChI=1S/C18H15BrFN3O3S2/c1-23(2)28(25,26)13-6-3-11(4-7-13)16-10-27-18(21-16)22-17(24)14-8-5-12(19)9-15(14)20/h3-10H,1-2H3,(H,21,22,24). The van der Waals surface area contributed by atoms with Crippen molar-refractivity contribution in [3.8, 4) is 11.3 Å². The highest BCUT2D eigenvalue weighted by Gasteiger charge is 2.18. The van der Waals surface area contributed by atoms with E-state index in [1.807, 2.05) is 0 Å². The van der Waals surface area contributed by atoms with Crippen LogP contribution in [0.3, 0.4) is 0 Å². The van der Waals surface area contributed by atoms with Crippen LogP contribution in [0.25, 0.3) is 11.3 Å². The molecule has 0 aliphatic carbocycles. The minimum absolute atomic E-state index is 0.0850. The number of nitrogens with one attached hydrogen (secondary N) is 1. The Morgan fingerprint density at radius 1 is 1.18 bits per heavy atom. The Balaban J connectivity index is 1.78. The smallest absolute Gasteiger partial charge is 0.260 e. The lowest BCUT2D eigenvalue weighted by atomic mass is 10.2. The molecule has 1 amide bonds. The van der Waals surface area contributed by atoms with Crippen molar-refractivity contribution in [1.29, 1.82) is 0 Å². The van der Waals surface area contributed by atoms with Crippen molar-refractivity contribution in [1.82, 2.24) is 9.29 Å². The number of nitrogens with zero attached hydrogens (tertiary/aromatic N) is 2. The zero-order valence-corrected chi connectivity index (χ0v) is 18.0. The van der Waals surface area contributed by atoms with E-state index in [4.69, 9.17) is 0 Å². The van der Waals surface area contributed by atoms with Gasteiger partial charge in [-0.1, -0.05) is 28.1 Å². The quantitative estimate of drug-likeness (QED) is 0.589. The third kappa shape index (κ3) is 4.30. The molecule has 0 spiro atoms. The molecule has 0 aliphatic rings. The van der Waals surface area contributed by atoms with Gasteiger partial charge in [0.15, 0.2) is 5.13 Å². The van der Waals surface area contributed by atoms with Gasteiger partial charge in [0.2, 0.25) is 10.0 Å². The maximum Gasteiger partial charge on any atom is 0.260 e. The molecule has 3 aromatic rings. The first-order valence-electron chi connectivity index (χ1n) is 7.93. The normalized spacial score (nSPS) is 11.6. The van der Waals surface area contributed by atoms with Crippen LogP contribution in [0.15, 0.2) is 57.2 Å². The fourth-order valence-corrected chi connectivity index (χ4v) is 4.26. The summed E-state index contributed by atoms with van der Waals surface area (Å²) in [5.41, 5.74) is 1.19. The van der Waals surface area contributed by atoms with Crippen LogP contribution in [0.1, 0.15) is 10.4 Å². The van der Waals surface area contributed by atoms with Crippen LogP contribution in [0.4, 0.5) is 9.52 Å². The Bertz CT molecular complexity index is 1130. The van der Waals surface area contributed by atoms with E-state index in [-0.39, 0.29) is 10.5 Å². The summed E-state index contributed by atoms with van der Waals surface area (Å²) in [6, 6.07) is 10.5. The Labute approximate surface area is 174 Å². The molecule has 0 unspecified atom stereocenters. The Morgan fingerprint density at radius 2 is 1.86 bits per heavy atom. The molecular formula is C18H15BrFN3O3S2. The fraction of sp³-hybridized carbons (Fsp3) is 0.111. The number of sulfonamides is 1. The second-order valence-electron chi connectivity index (χ2n) is 5.93. The average molecular weight is 484 g/mol. The number of hydrogen-bond donors (Lipinski definition) is 1. The number of carbonyl (C=O) groups excluding carboxylic acids is 1. The molecule has 0 bridgehead atoms. The van der Waals surface area contributed by atoms with Crippen molar-refractivity contribution in [3.63, 3.8) is 0 Å². The molecule has 0 radical (unpaired) electrons. The van der Waals surface area contributed by atoms with Gasteiger partial charge < -0.3 is 0 Å². The lowest BCUT2D eigenvalue weighted by molar-refractivity contribution is 0.102. The van der Waals surface area contributed by atoms with Crippen LogP contribution in [0.2, 0.25) is 0 Å². The average Bonchev–Trinajstić information content (AvgIpc) is 3.10. The van der Waals surface area contributed by atoms with E-state index >= 15 is 0 Å². The number of amides is 1. The molecule has 146 valence electrons. The van der Waals surface area contributed by atoms with Crippen LogP contribution in [-0.4, -0.2) is 37.7 Å². The fourth-order valence-electron chi connectivity index (χ4n) is 2.31. The zero-order valence-electron chi connectivity index (χ0n) is 14.8. The molecule has 28 heavy (non-hydrogen) atoms. The monoisotopic (exact) mass is 483 g/mol. The molecular weight excluding hydrogens is 469 g/mol. The summed E-state index contributed by atoms with van der Waals surface area (Å²) in [5, 5.41) is 4.61. The van der Waals surface area contributed by atoms with E-state index in [2.05, 4.69) is 26.2 Å². The molecule has 1 N–H and O–H groups in total. The van der Waals surface area contributed by atoms with Gasteiger partial charge in [-0.25, -0.2) is 22.1 Å². The van der Waals surface area contributed by atoms with E-state index in [1.54, 1.807) is 23.6 Å². The van der Waals surface area contributed by atoms with Crippen molar-refractivity contribution < 1.29 is 17.6 Å². The van der Waals surface area contributed by atoms with Gasteiger partial charge in [0.25, 0.3) is 5.91 Å². The zero-order chi connectivity index (χ0) is 20.5. The highest BCUT2D eigenvalue weighted by Crippen LogP contribution is 2.27. The van der Waals surface area contributed by atoms with Crippen LogP contribution in [0.5, 0.6) is 0 Å². The van der Waals surface area contributed by atoms with Gasteiger partial charge in [-0.05, 0) is 30.3 Å². The lowest BCUT2D eigenvalue weighted by Gasteiger charge is -2.11.